The minimum atomic E-state index is 0.422. The molecule has 2 N–H and O–H groups in total. The summed E-state index contributed by atoms with van der Waals surface area (Å²) in [5, 5.41) is 14.8. The Hall–Kier alpha value is -2.17. The number of hydrogen-bond donors (Lipinski definition) is 2. The van der Waals surface area contributed by atoms with E-state index < -0.39 is 0 Å². The molecule has 2 aromatic rings. The lowest BCUT2D eigenvalue weighted by atomic mass is 9.93. The lowest BCUT2D eigenvalue weighted by molar-refractivity contribution is 0.836. The molecule has 124 valence electrons. The van der Waals surface area contributed by atoms with Crippen molar-refractivity contribution in [1.82, 2.24) is 15.2 Å². The summed E-state index contributed by atoms with van der Waals surface area (Å²) < 4.78 is 0. The summed E-state index contributed by atoms with van der Waals surface area (Å²) in [4.78, 5) is 4.51. The van der Waals surface area contributed by atoms with Crippen molar-refractivity contribution in [1.29, 1.82) is 0 Å². The second-order valence-corrected chi connectivity index (χ2v) is 6.34. The number of para-hydroxylation sites is 1. The SMILES string of the molecule is CCCNc1cnnc(Nc2c(C(C)C)cccc2C(C)C)n1. The van der Waals surface area contributed by atoms with E-state index in [1.54, 1.807) is 6.20 Å². The maximum atomic E-state index is 4.51. The van der Waals surface area contributed by atoms with Gasteiger partial charge >= 0.3 is 0 Å². The number of nitrogens with one attached hydrogen (secondary N) is 2. The molecule has 0 saturated carbocycles. The Morgan fingerprint density at radius 1 is 1.04 bits per heavy atom. The van der Waals surface area contributed by atoms with Crippen LogP contribution in [0.1, 0.15) is 64.0 Å². The molecule has 0 aliphatic carbocycles. The fraction of sp³-hybridized carbons (Fsp3) is 0.500. The summed E-state index contributed by atoms with van der Waals surface area (Å²) in [6.45, 7) is 11.8. The molecule has 2 rings (SSSR count). The molecular weight excluding hydrogens is 286 g/mol. The van der Waals surface area contributed by atoms with E-state index in [1.807, 2.05) is 0 Å². The second kappa shape index (κ2) is 7.90. The van der Waals surface area contributed by atoms with Crippen LogP contribution in [0.2, 0.25) is 0 Å². The molecule has 0 saturated heterocycles. The molecule has 1 aromatic heterocycles. The Bertz CT molecular complexity index is 611. The third-order valence-electron chi connectivity index (χ3n) is 3.72. The van der Waals surface area contributed by atoms with E-state index >= 15 is 0 Å². The third-order valence-corrected chi connectivity index (χ3v) is 3.72. The average Bonchev–Trinajstić information content (AvgIpc) is 2.53. The Labute approximate surface area is 139 Å². The monoisotopic (exact) mass is 313 g/mol. The third kappa shape index (κ3) is 4.41. The predicted octanol–water partition coefficient (Wildman–Crippen LogP) is 4.68. The lowest BCUT2D eigenvalue weighted by Gasteiger charge is -2.20. The van der Waals surface area contributed by atoms with Crippen LogP contribution in [-0.2, 0) is 0 Å². The minimum absolute atomic E-state index is 0.422. The zero-order valence-electron chi connectivity index (χ0n) is 14.7. The molecule has 1 aromatic carbocycles. The molecule has 0 atom stereocenters. The van der Waals surface area contributed by atoms with Crippen molar-refractivity contribution < 1.29 is 0 Å². The van der Waals surface area contributed by atoms with E-state index in [9.17, 15) is 0 Å². The van der Waals surface area contributed by atoms with E-state index in [0.717, 1.165) is 24.5 Å². The van der Waals surface area contributed by atoms with Crippen LogP contribution in [0.3, 0.4) is 0 Å². The molecule has 0 radical (unpaired) electrons. The highest BCUT2D eigenvalue weighted by molar-refractivity contribution is 5.65. The van der Waals surface area contributed by atoms with Gasteiger partial charge in [0.1, 0.15) is 0 Å². The number of benzene rings is 1. The zero-order valence-corrected chi connectivity index (χ0v) is 14.7. The van der Waals surface area contributed by atoms with Crippen LogP contribution >= 0.6 is 0 Å². The van der Waals surface area contributed by atoms with E-state index in [0.29, 0.717) is 17.8 Å². The summed E-state index contributed by atoms with van der Waals surface area (Å²) >= 11 is 0. The molecule has 0 aliphatic rings. The summed E-state index contributed by atoms with van der Waals surface area (Å²) in [5.41, 5.74) is 3.64. The maximum Gasteiger partial charge on any atom is 0.249 e. The van der Waals surface area contributed by atoms with Crippen LogP contribution in [0, 0.1) is 0 Å². The molecule has 0 fully saturated rings. The molecule has 0 amide bonds. The Morgan fingerprint density at radius 2 is 1.70 bits per heavy atom. The number of anilines is 3. The highest BCUT2D eigenvalue weighted by Crippen LogP contribution is 2.33. The molecule has 5 nitrogen and oxygen atoms in total. The van der Waals surface area contributed by atoms with Gasteiger partial charge in [0.25, 0.3) is 0 Å². The van der Waals surface area contributed by atoms with Crippen LogP contribution < -0.4 is 10.6 Å². The first-order valence-electron chi connectivity index (χ1n) is 8.36. The molecule has 1 heterocycles. The van der Waals surface area contributed by atoms with E-state index in [1.165, 1.54) is 11.1 Å². The summed E-state index contributed by atoms with van der Waals surface area (Å²) in [6.07, 6.45) is 2.69. The fourth-order valence-electron chi connectivity index (χ4n) is 2.50. The van der Waals surface area contributed by atoms with Gasteiger partial charge in [0.05, 0.1) is 6.20 Å². The van der Waals surface area contributed by atoms with Gasteiger partial charge in [-0.15, -0.1) is 5.10 Å². The molecule has 0 spiro atoms. The van der Waals surface area contributed by atoms with Gasteiger partial charge in [0.2, 0.25) is 5.95 Å². The summed E-state index contributed by atoms with van der Waals surface area (Å²) in [6, 6.07) is 6.44. The first-order valence-corrected chi connectivity index (χ1v) is 8.36. The van der Waals surface area contributed by atoms with Gasteiger partial charge in [-0.1, -0.05) is 52.8 Å². The molecule has 0 aliphatic heterocycles. The van der Waals surface area contributed by atoms with Crippen molar-refractivity contribution in [3.05, 3.63) is 35.5 Å². The Kier molecular flexibility index (Phi) is 5.90. The van der Waals surface area contributed by atoms with Crippen LogP contribution in [-0.4, -0.2) is 21.7 Å². The van der Waals surface area contributed by atoms with Gasteiger partial charge in [0, 0.05) is 12.2 Å². The van der Waals surface area contributed by atoms with Gasteiger partial charge in [-0.05, 0) is 29.4 Å². The quantitative estimate of drug-likeness (QED) is 0.777. The van der Waals surface area contributed by atoms with Crippen LogP contribution in [0.15, 0.2) is 24.4 Å². The van der Waals surface area contributed by atoms with Crippen LogP contribution in [0.4, 0.5) is 17.5 Å². The van der Waals surface area contributed by atoms with E-state index in [-0.39, 0.29) is 0 Å². The summed E-state index contributed by atoms with van der Waals surface area (Å²) in [7, 11) is 0. The Balaban J connectivity index is 2.35. The van der Waals surface area contributed by atoms with Crippen molar-refractivity contribution in [2.24, 2.45) is 0 Å². The lowest BCUT2D eigenvalue weighted by Crippen LogP contribution is -2.09. The number of nitrogens with zero attached hydrogens (tertiary/aromatic N) is 3. The highest BCUT2D eigenvalue weighted by atomic mass is 15.3. The molecule has 5 heteroatoms. The van der Waals surface area contributed by atoms with Gasteiger partial charge < -0.3 is 10.6 Å². The van der Waals surface area contributed by atoms with Crippen LogP contribution in [0.25, 0.3) is 0 Å². The number of hydrogen-bond acceptors (Lipinski definition) is 5. The van der Waals surface area contributed by atoms with E-state index in [4.69, 9.17) is 0 Å². The molecule has 0 unspecified atom stereocenters. The van der Waals surface area contributed by atoms with Crippen molar-refractivity contribution in [2.75, 3.05) is 17.2 Å². The Morgan fingerprint density at radius 3 is 2.26 bits per heavy atom. The largest absolute Gasteiger partial charge is 0.369 e. The average molecular weight is 313 g/mol. The van der Waals surface area contributed by atoms with Crippen LogP contribution in [0.5, 0.6) is 0 Å². The van der Waals surface area contributed by atoms with E-state index in [2.05, 4.69) is 78.6 Å². The van der Waals surface area contributed by atoms with Crippen molar-refractivity contribution in [3.63, 3.8) is 0 Å². The fourth-order valence-corrected chi connectivity index (χ4v) is 2.50. The molecule has 23 heavy (non-hydrogen) atoms. The number of rotatable bonds is 7. The summed E-state index contributed by atoms with van der Waals surface area (Å²) in [5.74, 6) is 2.12. The number of aromatic nitrogens is 3. The smallest absolute Gasteiger partial charge is 0.249 e. The topological polar surface area (TPSA) is 62.7 Å². The maximum absolute atomic E-state index is 4.51. The normalized spacial score (nSPS) is 11.1. The minimum Gasteiger partial charge on any atom is -0.369 e. The zero-order chi connectivity index (χ0) is 16.8. The van der Waals surface area contributed by atoms with Crippen molar-refractivity contribution in [2.45, 2.75) is 52.9 Å². The van der Waals surface area contributed by atoms with Gasteiger partial charge in [-0.3, -0.25) is 0 Å². The van der Waals surface area contributed by atoms with Crippen molar-refractivity contribution >= 4 is 17.5 Å². The second-order valence-electron chi connectivity index (χ2n) is 6.34. The highest BCUT2D eigenvalue weighted by Gasteiger charge is 2.15. The standard InChI is InChI=1S/C18H27N5/c1-6-10-19-16-11-20-23-18(21-16)22-17-14(12(2)3)8-7-9-15(17)13(4)5/h7-9,11-13H,6,10H2,1-5H3,(H2,19,21,22,23). The predicted molar refractivity (Wildman–Crippen MR) is 96.5 cm³/mol. The molecular formula is C18H27N5. The first-order chi connectivity index (χ1) is 11.0. The van der Waals surface area contributed by atoms with Gasteiger partial charge in [-0.2, -0.15) is 10.1 Å². The van der Waals surface area contributed by atoms with Gasteiger partial charge in [-0.25, -0.2) is 0 Å². The molecule has 0 bridgehead atoms. The first kappa shape index (κ1) is 17.2. The van der Waals surface area contributed by atoms with Gasteiger partial charge in [0.15, 0.2) is 5.82 Å². The van der Waals surface area contributed by atoms with Crippen molar-refractivity contribution in [3.8, 4) is 0 Å².